The lowest BCUT2D eigenvalue weighted by atomic mass is 10.2. The van der Waals surface area contributed by atoms with Gasteiger partial charge in [-0.25, -0.2) is 9.37 Å². The van der Waals surface area contributed by atoms with Gasteiger partial charge in [0.05, 0.1) is 15.2 Å². The van der Waals surface area contributed by atoms with E-state index in [1.807, 2.05) is 0 Å². The van der Waals surface area contributed by atoms with Crippen molar-refractivity contribution >= 4 is 26.7 Å². The van der Waals surface area contributed by atoms with Crippen LogP contribution in [0.5, 0.6) is 5.88 Å². The molecule has 0 N–H and O–H groups in total. The number of pyridine rings is 1. The number of aromatic nitrogens is 3. The molecule has 0 bridgehead atoms. The van der Waals surface area contributed by atoms with Gasteiger partial charge in [-0.3, -0.25) is 10.1 Å². The predicted octanol–water partition coefficient (Wildman–Crippen LogP) is 2.19. The average Bonchev–Trinajstić information content (AvgIpc) is 2.94. The van der Waals surface area contributed by atoms with Crippen LogP contribution in [0.15, 0.2) is 41.4 Å². The van der Waals surface area contributed by atoms with Crippen LogP contribution in [-0.2, 0) is 10.0 Å². The molecule has 0 atom stereocenters. The molecular formula is C14H11FN4O5S. The van der Waals surface area contributed by atoms with Crippen LogP contribution in [0.4, 0.5) is 10.1 Å². The second kappa shape index (κ2) is 6.09. The fraction of sp³-hybridized carbons (Fsp3) is 0.143. The van der Waals surface area contributed by atoms with E-state index in [-0.39, 0.29) is 15.9 Å². The zero-order valence-corrected chi connectivity index (χ0v) is 13.6. The molecule has 130 valence electrons. The first-order valence-corrected chi connectivity index (χ1v) is 8.33. The summed E-state index contributed by atoms with van der Waals surface area (Å²) >= 11 is 0. The minimum absolute atomic E-state index is 0.0607. The number of ether oxygens (including phenoxy) is 1. The minimum atomic E-state index is -4.14. The van der Waals surface area contributed by atoms with Gasteiger partial charge in [-0.2, -0.15) is 8.42 Å². The summed E-state index contributed by atoms with van der Waals surface area (Å²) in [6.45, 7) is 0.521. The first-order valence-electron chi connectivity index (χ1n) is 6.89. The van der Waals surface area contributed by atoms with Gasteiger partial charge in [-0.1, -0.05) is 17.7 Å². The largest absolute Gasteiger partial charge is 0.444 e. The van der Waals surface area contributed by atoms with Crippen molar-refractivity contribution in [1.29, 1.82) is 0 Å². The van der Waals surface area contributed by atoms with Gasteiger partial charge in [0.15, 0.2) is 5.65 Å². The van der Waals surface area contributed by atoms with E-state index in [1.54, 1.807) is 19.1 Å². The van der Waals surface area contributed by atoms with E-state index < -0.39 is 33.4 Å². The molecule has 2 aromatic heterocycles. The Morgan fingerprint density at radius 1 is 1.32 bits per heavy atom. The molecule has 0 unspecified atom stereocenters. The van der Waals surface area contributed by atoms with E-state index >= 15 is 0 Å². The lowest BCUT2D eigenvalue weighted by molar-refractivity contribution is -0.385. The lowest BCUT2D eigenvalue weighted by Gasteiger charge is -2.05. The number of nitro groups is 1. The van der Waals surface area contributed by atoms with Crippen LogP contribution in [0, 0.1) is 17.0 Å². The monoisotopic (exact) mass is 366 g/mol. The van der Waals surface area contributed by atoms with Crippen LogP contribution < -0.4 is 4.74 Å². The molecule has 0 amide bonds. The number of fused-ring (bicyclic) bond motifs is 1. The van der Waals surface area contributed by atoms with Crippen LogP contribution in [-0.4, -0.2) is 34.4 Å². The second-order valence-electron chi connectivity index (χ2n) is 5.04. The maximum absolute atomic E-state index is 12.8. The standard InChI is InChI=1S/C14H11FN4O5S/c1-9-2-4-11(5-3-9)25(22,23)18-13-12(14(17-18)24-8-15)6-10(7-16-13)19(20)21/h2-7H,8H2,1H3. The molecule has 25 heavy (non-hydrogen) atoms. The molecule has 3 aromatic rings. The molecule has 11 heteroatoms. The van der Waals surface area contributed by atoms with E-state index in [9.17, 15) is 22.9 Å². The third-order valence-electron chi connectivity index (χ3n) is 3.39. The van der Waals surface area contributed by atoms with Crippen LogP contribution in [0.2, 0.25) is 0 Å². The van der Waals surface area contributed by atoms with Crippen LogP contribution in [0.25, 0.3) is 11.0 Å². The Labute approximate surface area is 140 Å². The average molecular weight is 366 g/mol. The Hall–Kier alpha value is -3.08. The van der Waals surface area contributed by atoms with Gasteiger partial charge in [-0.15, -0.1) is 9.19 Å². The van der Waals surface area contributed by atoms with Crippen molar-refractivity contribution in [1.82, 2.24) is 14.2 Å². The van der Waals surface area contributed by atoms with Gasteiger partial charge < -0.3 is 4.74 Å². The number of nitrogens with zero attached hydrogens (tertiary/aromatic N) is 4. The van der Waals surface area contributed by atoms with Crippen molar-refractivity contribution in [3.8, 4) is 5.88 Å². The van der Waals surface area contributed by atoms with Gasteiger partial charge in [-0.05, 0) is 19.1 Å². The summed E-state index contributed by atoms with van der Waals surface area (Å²) in [6.07, 6.45) is 0.893. The summed E-state index contributed by atoms with van der Waals surface area (Å²) < 4.78 is 43.3. The van der Waals surface area contributed by atoms with Gasteiger partial charge >= 0.3 is 0 Å². The molecule has 0 fully saturated rings. The van der Waals surface area contributed by atoms with Crippen molar-refractivity contribution in [2.75, 3.05) is 6.86 Å². The highest BCUT2D eigenvalue weighted by molar-refractivity contribution is 7.90. The van der Waals surface area contributed by atoms with Crippen LogP contribution in [0.1, 0.15) is 5.56 Å². The van der Waals surface area contributed by atoms with Crippen molar-refractivity contribution in [3.63, 3.8) is 0 Å². The Balaban J connectivity index is 2.25. The molecule has 0 saturated carbocycles. The van der Waals surface area contributed by atoms with Crippen molar-refractivity contribution in [2.24, 2.45) is 0 Å². The Morgan fingerprint density at radius 3 is 2.60 bits per heavy atom. The Kier molecular flexibility index (Phi) is 4.08. The molecule has 9 nitrogen and oxygen atoms in total. The first-order chi connectivity index (χ1) is 11.8. The number of halogens is 1. The third-order valence-corrected chi connectivity index (χ3v) is 4.97. The van der Waals surface area contributed by atoms with E-state index in [2.05, 4.69) is 14.8 Å². The smallest absolute Gasteiger partial charge is 0.288 e. The predicted molar refractivity (Wildman–Crippen MR) is 84.5 cm³/mol. The fourth-order valence-electron chi connectivity index (χ4n) is 2.18. The number of hydrogen-bond donors (Lipinski definition) is 0. The molecule has 1 aromatic carbocycles. The fourth-order valence-corrected chi connectivity index (χ4v) is 3.41. The summed E-state index contributed by atoms with van der Waals surface area (Å²) in [5, 5.41) is 14.5. The summed E-state index contributed by atoms with van der Waals surface area (Å²) in [4.78, 5) is 13.9. The number of alkyl halides is 1. The van der Waals surface area contributed by atoms with E-state index in [0.717, 1.165) is 17.8 Å². The van der Waals surface area contributed by atoms with Crippen molar-refractivity contribution in [3.05, 3.63) is 52.2 Å². The Morgan fingerprint density at radius 2 is 2.00 bits per heavy atom. The van der Waals surface area contributed by atoms with Crippen LogP contribution >= 0.6 is 0 Å². The highest BCUT2D eigenvalue weighted by Crippen LogP contribution is 2.29. The van der Waals surface area contributed by atoms with Crippen molar-refractivity contribution in [2.45, 2.75) is 11.8 Å². The van der Waals surface area contributed by atoms with Gasteiger partial charge in [0.25, 0.3) is 15.7 Å². The second-order valence-corrected chi connectivity index (χ2v) is 6.81. The quantitative estimate of drug-likeness (QED) is 0.502. The number of hydrogen-bond acceptors (Lipinski definition) is 7. The summed E-state index contributed by atoms with van der Waals surface area (Å²) in [7, 11) is -4.14. The van der Waals surface area contributed by atoms with Gasteiger partial charge in [0.2, 0.25) is 12.7 Å². The van der Waals surface area contributed by atoms with Gasteiger partial charge in [0.1, 0.15) is 6.20 Å². The molecule has 0 radical (unpaired) electrons. The summed E-state index contributed by atoms with van der Waals surface area (Å²) in [5.74, 6) is -0.399. The van der Waals surface area contributed by atoms with E-state index in [0.29, 0.717) is 4.09 Å². The van der Waals surface area contributed by atoms with E-state index in [4.69, 9.17) is 0 Å². The third kappa shape index (κ3) is 2.89. The first kappa shape index (κ1) is 16.8. The lowest BCUT2D eigenvalue weighted by Crippen LogP contribution is -2.15. The maximum Gasteiger partial charge on any atom is 0.288 e. The molecule has 0 aliphatic heterocycles. The highest BCUT2D eigenvalue weighted by atomic mass is 32.2. The molecule has 0 aliphatic rings. The van der Waals surface area contributed by atoms with E-state index in [1.165, 1.54) is 12.1 Å². The van der Waals surface area contributed by atoms with Crippen molar-refractivity contribution < 1.29 is 22.5 Å². The summed E-state index contributed by atoms with van der Waals surface area (Å²) in [6, 6.07) is 7.02. The maximum atomic E-state index is 12.8. The normalized spacial score (nSPS) is 11.6. The molecule has 0 aliphatic carbocycles. The number of aryl methyl sites for hydroxylation is 1. The topological polar surface area (TPSA) is 117 Å². The summed E-state index contributed by atoms with van der Waals surface area (Å²) in [5.41, 5.74) is 0.262. The van der Waals surface area contributed by atoms with Gasteiger partial charge in [0, 0.05) is 6.07 Å². The van der Waals surface area contributed by atoms with Crippen LogP contribution in [0.3, 0.4) is 0 Å². The molecule has 0 saturated heterocycles. The highest BCUT2D eigenvalue weighted by Gasteiger charge is 2.26. The molecule has 3 rings (SSSR count). The zero-order chi connectivity index (χ0) is 18.2. The number of benzene rings is 1. The molecule has 0 spiro atoms. The number of rotatable bonds is 5. The SMILES string of the molecule is Cc1ccc(S(=O)(=O)n2nc(OCF)c3cc([N+](=O)[O-])cnc32)cc1. The molecule has 2 heterocycles. The minimum Gasteiger partial charge on any atom is -0.444 e. The Bertz CT molecular complexity index is 1060. The molecular weight excluding hydrogens is 355 g/mol. The zero-order valence-electron chi connectivity index (χ0n) is 12.8.